The molecule has 7 rings (SSSR count). The van der Waals surface area contributed by atoms with Crippen LogP contribution in [0.5, 0.6) is 0 Å². The van der Waals surface area contributed by atoms with E-state index in [4.69, 9.17) is 0 Å². The van der Waals surface area contributed by atoms with Crippen molar-refractivity contribution in [3.63, 3.8) is 0 Å². The van der Waals surface area contributed by atoms with E-state index in [1.807, 2.05) is 24.3 Å². The molecule has 5 nitrogen and oxygen atoms in total. The molecule has 0 spiro atoms. The molecular weight excluding hydrogens is 574 g/mol. The topological polar surface area (TPSA) is 76.6 Å². The minimum Gasteiger partial charge on any atom is -0.311 e. The van der Waals surface area contributed by atoms with Crippen LogP contribution in [0.15, 0.2) is 103 Å². The Bertz CT molecular complexity index is 2150. The standard InChI is InChI=1S/C42H35N5/c1-41(2,3)27-12-18-30(19-13-27)47(31-20-14-28(15-21-31)42(4,5)6)29-16-10-26(11-17-29)32-22-23-35-38-33(32)8-7-9-34(38)39-40(35)46-37(25-44)36(24-43)45-39/h7-23H,1-6H3. The maximum atomic E-state index is 9.57. The van der Waals surface area contributed by atoms with Gasteiger partial charge in [-0.1, -0.05) is 108 Å². The number of benzene rings is 5. The van der Waals surface area contributed by atoms with Gasteiger partial charge in [-0.25, -0.2) is 9.97 Å². The van der Waals surface area contributed by atoms with Crippen molar-refractivity contribution >= 4 is 27.8 Å². The van der Waals surface area contributed by atoms with Crippen LogP contribution < -0.4 is 4.90 Å². The second-order valence-electron chi connectivity index (χ2n) is 14.2. The third-order valence-electron chi connectivity index (χ3n) is 9.08. The Morgan fingerprint density at radius 1 is 0.511 bits per heavy atom. The van der Waals surface area contributed by atoms with Gasteiger partial charge in [-0.05, 0) is 74.9 Å². The first kappa shape index (κ1) is 29.9. The molecule has 0 fully saturated rings. The molecule has 47 heavy (non-hydrogen) atoms. The van der Waals surface area contributed by atoms with Gasteiger partial charge >= 0.3 is 0 Å². The van der Waals surface area contributed by atoms with Gasteiger partial charge < -0.3 is 4.90 Å². The van der Waals surface area contributed by atoms with Gasteiger partial charge in [0.1, 0.15) is 12.1 Å². The number of fused-ring (bicyclic) bond motifs is 3. The molecule has 0 saturated carbocycles. The number of nitrogens with zero attached hydrogens (tertiary/aromatic N) is 5. The number of aromatic nitrogens is 2. The Morgan fingerprint density at radius 3 is 1.38 bits per heavy atom. The molecule has 0 saturated heterocycles. The lowest BCUT2D eigenvalue weighted by molar-refractivity contribution is 0.590. The zero-order valence-electron chi connectivity index (χ0n) is 27.6. The predicted molar refractivity (Wildman–Crippen MR) is 191 cm³/mol. The summed E-state index contributed by atoms with van der Waals surface area (Å²) in [4.78, 5) is 11.4. The lowest BCUT2D eigenvalue weighted by atomic mass is 9.86. The molecule has 0 radical (unpaired) electrons. The fraction of sp³-hybridized carbons (Fsp3) is 0.190. The van der Waals surface area contributed by atoms with Crippen LogP contribution in [0, 0.1) is 22.7 Å². The van der Waals surface area contributed by atoms with Crippen molar-refractivity contribution in [1.29, 1.82) is 10.5 Å². The summed E-state index contributed by atoms with van der Waals surface area (Å²) in [6.07, 6.45) is 0. The van der Waals surface area contributed by atoms with Gasteiger partial charge in [0.2, 0.25) is 0 Å². The van der Waals surface area contributed by atoms with E-state index in [2.05, 4.69) is 147 Å². The summed E-state index contributed by atoms with van der Waals surface area (Å²) in [5.74, 6) is 0. The van der Waals surface area contributed by atoms with Gasteiger partial charge in [0.25, 0.3) is 0 Å². The van der Waals surface area contributed by atoms with Crippen LogP contribution in [0.2, 0.25) is 0 Å². The summed E-state index contributed by atoms with van der Waals surface area (Å²) >= 11 is 0. The Hall–Kier alpha value is -5.78. The minimum absolute atomic E-state index is 0.0533. The molecule has 0 N–H and O–H groups in total. The average Bonchev–Trinajstić information content (AvgIpc) is 3.38. The van der Waals surface area contributed by atoms with Gasteiger partial charge in [-0.2, -0.15) is 10.5 Å². The van der Waals surface area contributed by atoms with Crippen molar-refractivity contribution < 1.29 is 0 Å². The summed E-state index contributed by atoms with van der Waals surface area (Å²) in [5.41, 5.74) is 11.5. The first-order chi connectivity index (χ1) is 22.5. The van der Waals surface area contributed by atoms with E-state index < -0.39 is 0 Å². The van der Waals surface area contributed by atoms with Gasteiger partial charge in [-0.15, -0.1) is 0 Å². The summed E-state index contributed by atoms with van der Waals surface area (Å²) < 4.78 is 0. The Balaban J connectivity index is 1.31. The van der Waals surface area contributed by atoms with Gasteiger partial charge in [0.05, 0.1) is 11.4 Å². The SMILES string of the molecule is CC(C)(C)c1ccc(N(c2ccc(-c3ccc4c5c(cccc35)-c3nc(C#N)c(C#N)nc3-4)cc2)c2ccc(C(C)(C)C)cc2)cc1. The zero-order valence-corrected chi connectivity index (χ0v) is 27.6. The van der Waals surface area contributed by atoms with Crippen LogP contribution in [0.1, 0.15) is 64.1 Å². The molecule has 1 heterocycles. The molecular formula is C42H35N5. The molecule has 5 heteroatoms. The quantitative estimate of drug-likeness (QED) is 0.198. The summed E-state index contributed by atoms with van der Waals surface area (Å²) in [5, 5.41) is 21.3. The van der Waals surface area contributed by atoms with E-state index in [0.717, 1.165) is 50.1 Å². The first-order valence-corrected chi connectivity index (χ1v) is 15.9. The maximum Gasteiger partial charge on any atom is 0.177 e. The van der Waals surface area contributed by atoms with E-state index in [0.29, 0.717) is 11.4 Å². The third kappa shape index (κ3) is 5.11. The Morgan fingerprint density at radius 2 is 0.936 bits per heavy atom. The Kier molecular flexibility index (Phi) is 6.96. The maximum absolute atomic E-state index is 9.57. The largest absolute Gasteiger partial charge is 0.311 e. The lowest BCUT2D eigenvalue weighted by Crippen LogP contribution is -2.14. The van der Waals surface area contributed by atoms with Crippen LogP contribution in [-0.4, -0.2) is 9.97 Å². The van der Waals surface area contributed by atoms with Crippen molar-refractivity contribution in [3.8, 4) is 45.8 Å². The summed E-state index contributed by atoms with van der Waals surface area (Å²) in [6, 6.07) is 40.9. The summed E-state index contributed by atoms with van der Waals surface area (Å²) in [6.45, 7) is 13.4. The highest BCUT2D eigenvalue weighted by molar-refractivity contribution is 6.17. The normalized spacial score (nSPS) is 12.0. The van der Waals surface area contributed by atoms with Crippen LogP contribution >= 0.6 is 0 Å². The van der Waals surface area contributed by atoms with Gasteiger partial charge in [0.15, 0.2) is 11.4 Å². The van der Waals surface area contributed by atoms with Crippen molar-refractivity contribution in [2.45, 2.75) is 52.4 Å². The highest BCUT2D eigenvalue weighted by Crippen LogP contribution is 2.48. The number of nitriles is 2. The molecule has 0 aliphatic heterocycles. The fourth-order valence-electron chi connectivity index (χ4n) is 6.48. The fourth-order valence-corrected chi connectivity index (χ4v) is 6.48. The molecule has 6 aromatic rings. The number of hydrogen-bond donors (Lipinski definition) is 0. The highest BCUT2D eigenvalue weighted by Gasteiger charge is 2.27. The molecule has 0 atom stereocenters. The first-order valence-electron chi connectivity index (χ1n) is 15.9. The molecule has 0 bridgehead atoms. The average molecular weight is 610 g/mol. The number of anilines is 3. The smallest absolute Gasteiger partial charge is 0.177 e. The summed E-state index contributed by atoms with van der Waals surface area (Å²) in [7, 11) is 0. The van der Waals surface area contributed by atoms with Crippen molar-refractivity contribution in [3.05, 3.63) is 126 Å². The third-order valence-corrected chi connectivity index (χ3v) is 9.08. The molecule has 228 valence electrons. The second-order valence-corrected chi connectivity index (χ2v) is 14.2. The van der Waals surface area contributed by atoms with Crippen LogP contribution in [0.25, 0.3) is 44.4 Å². The van der Waals surface area contributed by atoms with Crippen molar-refractivity contribution in [2.24, 2.45) is 0 Å². The van der Waals surface area contributed by atoms with E-state index in [9.17, 15) is 10.5 Å². The van der Waals surface area contributed by atoms with Gasteiger partial charge in [0, 0.05) is 33.6 Å². The van der Waals surface area contributed by atoms with Crippen LogP contribution in [0.4, 0.5) is 17.1 Å². The zero-order chi connectivity index (χ0) is 33.1. The molecule has 5 aromatic carbocycles. The minimum atomic E-state index is 0.0533. The van der Waals surface area contributed by atoms with Crippen LogP contribution in [0.3, 0.4) is 0 Å². The predicted octanol–water partition coefficient (Wildman–Crippen LogP) is 10.8. The van der Waals surface area contributed by atoms with E-state index in [-0.39, 0.29) is 22.2 Å². The highest BCUT2D eigenvalue weighted by atomic mass is 15.1. The molecule has 1 aromatic heterocycles. The van der Waals surface area contributed by atoms with E-state index >= 15 is 0 Å². The number of rotatable bonds is 4. The van der Waals surface area contributed by atoms with Gasteiger partial charge in [-0.3, -0.25) is 0 Å². The molecule has 1 aliphatic rings. The number of hydrogen-bond acceptors (Lipinski definition) is 5. The van der Waals surface area contributed by atoms with Crippen LogP contribution in [-0.2, 0) is 10.8 Å². The molecule has 1 aliphatic carbocycles. The lowest BCUT2D eigenvalue weighted by Gasteiger charge is -2.28. The monoisotopic (exact) mass is 609 g/mol. The van der Waals surface area contributed by atoms with E-state index in [1.54, 1.807) is 0 Å². The Labute approximate surface area is 276 Å². The van der Waals surface area contributed by atoms with Crippen molar-refractivity contribution in [1.82, 2.24) is 9.97 Å². The molecule has 0 amide bonds. The van der Waals surface area contributed by atoms with E-state index in [1.165, 1.54) is 11.1 Å². The second kappa shape index (κ2) is 10.9. The van der Waals surface area contributed by atoms with Crippen molar-refractivity contribution in [2.75, 3.05) is 4.90 Å². The molecule has 0 unspecified atom stereocenters.